The molecule has 1 aliphatic heterocycles. The van der Waals surface area contributed by atoms with E-state index in [1.54, 1.807) is 12.1 Å². The van der Waals surface area contributed by atoms with Gasteiger partial charge in [-0.2, -0.15) is 0 Å². The number of rotatable bonds is 4. The van der Waals surface area contributed by atoms with E-state index in [0.717, 1.165) is 6.54 Å². The number of likely N-dealkylation sites (N-methyl/N-ethyl adjacent to an activating group) is 1. The first-order chi connectivity index (χ1) is 8.97. The third-order valence-corrected chi connectivity index (χ3v) is 4.20. The quantitative estimate of drug-likeness (QED) is 0.898. The van der Waals surface area contributed by atoms with E-state index in [-0.39, 0.29) is 5.82 Å². The number of nitrogens with one attached hydrogen (secondary N) is 1. The van der Waals surface area contributed by atoms with Gasteiger partial charge in [0.15, 0.2) is 0 Å². The maximum absolute atomic E-state index is 13.0. The first-order valence-corrected chi connectivity index (χ1v) is 7.19. The lowest BCUT2D eigenvalue weighted by atomic mass is 9.95. The Labute approximate surface area is 116 Å². The molecule has 2 nitrogen and oxygen atoms in total. The molecule has 3 heteroatoms. The van der Waals surface area contributed by atoms with Crippen LogP contribution < -0.4 is 5.32 Å². The van der Waals surface area contributed by atoms with Gasteiger partial charge in [0.25, 0.3) is 0 Å². The van der Waals surface area contributed by atoms with Gasteiger partial charge in [0, 0.05) is 24.7 Å². The normalized spacial score (nSPS) is 26.0. The molecule has 0 bridgehead atoms. The number of hydrogen-bond donors (Lipinski definition) is 1. The predicted octanol–water partition coefficient (Wildman–Crippen LogP) is 3.21. The van der Waals surface area contributed by atoms with E-state index in [0.29, 0.717) is 24.0 Å². The molecule has 1 N–H and O–H groups in total. The van der Waals surface area contributed by atoms with Crippen molar-refractivity contribution in [3.8, 4) is 0 Å². The molecule has 3 unspecified atom stereocenters. The van der Waals surface area contributed by atoms with Crippen LogP contribution in [0.25, 0.3) is 0 Å². The minimum atomic E-state index is -0.166. The Balaban J connectivity index is 2.07. The molecule has 0 saturated carbocycles. The zero-order valence-corrected chi connectivity index (χ0v) is 12.4. The fourth-order valence-corrected chi connectivity index (χ4v) is 2.91. The highest BCUT2D eigenvalue weighted by Crippen LogP contribution is 2.25. The maximum atomic E-state index is 13.0. The molecular weight excluding hydrogens is 239 g/mol. The summed E-state index contributed by atoms with van der Waals surface area (Å²) in [6.45, 7) is 7.78. The van der Waals surface area contributed by atoms with Crippen molar-refractivity contribution in [2.45, 2.75) is 45.3 Å². The standard InChI is InChI=1S/C16H25FN2/c1-11(2)16(13-5-7-14(17)8-6-13)18-15-9-12(3)19(4)10-15/h5-8,11-12,15-16,18H,9-10H2,1-4H3. The zero-order valence-electron chi connectivity index (χ0n) is 12.4. The SMILES string of the molecule is CC(C)C(NC1CC(C)N(C)C1)c1ccc(F)cc1. The molecule has 1 fully saturated rings. The highest BCUT2D eigenvalue weighted by atomic mass is 19.1. The highest BCUT2D eigenvalue weighted by molar-refractivity contribution is 5.20. The van der Waals surface area contributed by atoms with Gasteiger partial charge in [0.2, 0.25) is 0 Å². The van der Waals surface area contributed by atoms with Crippen molar-refractivity contribution in [3.05, 3.63) is 35.6 Å². The molecule has 0 aromatic heterocycles. The summed E-state index contributed by atoms with van der Waals surface area (Å²) in [5.41, 5.74) is 1.18. The summed E-state index contributed by atoms with van der Waals surface area (Å²) in [7, 11) is 2.18. The van der Waals surface area contributed by atoms with Gasteiger partial charge in [-0.3, -0.25) is 0 Å². The summed E-state index contributed by atoms with van der Waals surface area (Å²) < 4.78 is 13.0. The highest BCUT2D eigenvalue weighted by Gasteiger charge is 2.29. The fourth-order valence-electron chi connectivity index (χ4n) is 2.91. The number of halogens is 1. The molecule has 1 aliphatic rings. The van der Waals surface area contributed by atoms with Crippen molar-refractivity contribution in [1.29, 1.82) is 0 Å². The van der Waals surface area contributed by atoms with Crippen LogP contribution in [0.5, 0.6) is 0 Å². The second-order valence-corrected chi connectivity index (χ2v) is 6.16. The van der Waals surface area contributed by atoms with E-state index in [4.69, 9.17) is 0 Å². The van der Waals surface area contributed by atoms with E-state index < -0.39 is 0 Å². The van der Waals surface area contributed by atoms with Crippen LogP contribution in [0.4, 0.5) is 4.39 Å². The molecule has 3 atom stereocenters. The first-order valence-electron chi connectivity index (χ1n) is 7.19. The average molecular weight is 264 g/mol. The van der Waals surface area contributed by atoms with Crippen LogP contribution in [0.15, 0.2) is 24.3 Å². The Morgan fingerprint density at radius 3 is 2.37 bits per heavy atom. The van der Waals surface area contributed by atoms with Gasteiger partial charge < -0.3 is 10.2 Å². The lowest BCUT2D eigenvalue weighted by molar-refractivity contribution is 0.317. The van der Waals surface area contributed by atoms with E-state index in [1.807, 2.05) is 12.1 Å². The topological polar surface area (TPSA) is 15.3 Å². The molecule has 0 radical (unpaired) electrons. The van der Waals surface area contributed by atoms with E-state index in [1.165, 1.54) is 12.0 Å². The Hall–Kier alpha value is -0.930. The lowest BCUT2D eigenvalue weighted by Gasteiger charge is -2.26. The summed E-state index contributed by atoms with van der Waals surface area (Å²) in [6.07, 6.45) is 1.18. The Kier molecular flexibility index (Phi) is 4.58. The van der Waals surface area contributed by atoms with Gasteiger partial charge in [0.05, 0.1) is 0 Å². The zero-order chi connectivity index (χ0) is 14.0. The second-order valence-electron chi connectivity index (χ2n) is 6.16. The van der Waals surface area contributed by atoms with Crippen molar-refractivity contribution in [3.63, 3.8) is 0 Å². The van der Waals surface area contributed by atoms with E-state index >= 15 is 0 Å². The molecule has 19 heavy (non-hydrogen) atoms. The maximum Gasteiger partial charge on any atom is 0.123 e. The molecule has 1 aromatic rings. The molecule has 2 rings (SSSR count). The van der Waals surface area contributed by atoms with Crippen molar-refractivity contribution in [2.24, 2.45) is 5.92 Å². The van der Waals surface area contributed by atoms with Crippen LogP contribution in [0, 0.1) is 11.7 Å². The number of nitrogens with zero attached hydrogens (tertiary/aromatic N) is 1. The monoisotopic (exact) mass is 264 g/mol. The molecule has 0 aliphatic carbocycles. The van der Waals surface area contributed by atoms with Gasteiger partial charge >= 0.3 is 0 Å². The van der Waals surface area contributed by atoms with Gasteiger partial charge in [-0.05, 0) is 44.0 Å². The van der Waals surface area contributed by atoms with Gasteiger partial charge in [-0.25, -0.2) is 4.39 Å². The number of hydrogen-bond acceptors (Lipinski definition) is 2. The van der Waals surface area contributed by atoms with Crippen LogP contribution in [0.3, 0.4) is 0 Å². The van der Waals surface area contributed by atoms with E-state index in [9.17, 15) is 4.39 Å². The van der Waals surface area contributed by atoms with Crippen molar-refractivity contribution >= 4 is 0 Å². The number of likely N-dealkylation sites (tertiary alicyclic amines) is 1. The van der Waals surface area contributed by atoms with Crippen LogP contribution >= 0.6 is 0 Å². The minimum Gasteiger partial charge on any atom is -0.306 e. The molecular formula is C16H25FN2. The van der Waals surface area contributed by atoms with Gasteiger partial charge in [0.1, 0.15) is 5.82 Å². The summed E-state index contributed by atoms with van der Waals surface area (Å²) >= 11 is 0. The molecule has 0 amide bonds. The second kappa shape index (κ2) is 6.02. The Morgan fingerprint density at radius 1 is 1.26 bits per heavy atom. The third-order valence-electron chi connectivity index (χ3n) is 4.20. The molecule has 0 spiro atoms. The van der Waals surface area contributed by atoms with Crippen LogP contribution in [0.2, 0.25) is 0 Å². The van der Waals surface area contributed by atoms with Crippen LogP contribution in [0.1, 0.15) is 38.8 Å². The fraction of sp³-hybridized carbons (Fsp3) is 0.625. The number of benzene rings is 1. The summed E-state index contributed by atoms with van der Waals surface area (Å²) in [4.78, 5) is 2.39. The largest absolute Gasteiger partial charge is 0.306 e. The van der Waals surface area contributed by atoms with Gasteiger partial charge in [-0.15, -0.1) is 0 Å². The lowest BCUT2D eigenvalue weighted by Crippen LogP contribution is -2.37. The predicted molar refractivity (Wildman–Crippen MR) is 77.6 cm³/mol. The Morgan fingerprint density at radius 2 is 1.89 bits per heavy atom. The van der Waals surface area contributed by atoms with Crippen LogP contribution in [-0.2, 0) is 0 Å². The average Bonchev–Trinajstić information content (AvgIpc) is 2.67. The van der Waals surface area contributed by atoms with Crippen molar-refractivity contribution in [2.75, 3.05) is 13.6 Å². The first kappa shape index (κ1) is 14.5. The smallest absolute Gasteiger partial charge is 0.123 e. The van der Waals surface area contributed by atoms with Crippen molar-refractivity contribution < 1.29 is 4.39 Å². The minimum absolute atomic E-state index is 0.166. The molecule has 1 aromatic carbocycles. The summed E-state index contributed by atoms with van der Waals surface area (Å²) in [5.74, 6) is 0.326. The third kappa shape index (κ3) is 3.54. The Bertz CT molecular complexity index is 392. The van der Waals surface area contributed by atoms with Crippen molar-refractivity contribution in [1.82, 2.24) is 10.2 Å². The molecule has 1 heterocycles. The van der Waals surface area contributed by atoms with Gasteiger partial charge in [-0.1, -0.05) is 26.0 Å². The summed E-state index contributed by atoms with van der Waals surface area (Å²) in [6, 6.07) is 8.36. The molecule has 106 valence electrons. The van der Waals surface area contributed by atoms with Crippen LogP contribution in [-0.4, -0.2) is 30.6 Å². The summed E-state index contributed by atoms with van der Waals surface area (Å²) in [5, 5.41) is 3.75. The molecule has 1 saturated heterocycles. The van der Waals surface area contributed by atoms with E-state index in [2.05, 4.69) is 38.0 Å².